The first-order chi connectivity index (χ1) is 9.69. The van der Waals surface area contributed by atoms with Gasteiger partial charge >= 0.3 is 0 Å². The lowest BCUT2D eigenvalue weighted by Crippen LogP contribution is -2.19. The Labute approximate surface area is 120 Å². The normalized spacial score (nSPS) is 11.4. The summed E-state index contributed by atoms with van der Waals surface area (Å²) in [5.74, 6) is 1.04. The van der Waals surface area contributed by atoms with Crippen molar-refractivity contribution in [1.82, 2.24) is 20.0 Å². The van der Waals surface area contributed by atoms with Gasteiger partial charge in [0.1, 0.15) is 5.76 Å². The average Bonchev–Trinajstić information content (AvgIpc) is 3.00. The van der Waals surface area contributed by atoms with E-state index in [4.69, 9.17) is 4.42 Å². The molecule has 1 N–H and O–H groups in total. The van der Waals surface area contributed by atoms with Gasteiger partial charge in [-0.3, -0.25) is 9.58 Å². The Morgan fingerprint density at radius 1 is 1.40 bits per heavy atom. The summed E-state index contributed by atoms with van der Waals surface area (Å²) in [5.41, 5.74) is 2.46. The molecule has 0 saturated heterocycles. The second kappa shape index (κ2) is 7.26. The fourth-order valence-electron chi connectivity index (χ4n) is 2.23. The van der Waals surface area contributed by atoms with E-state index in [1.54, 1.807) is 6.26 Å². The summed E-state index contributed by atoms with van der Waals surface area (Å²) in [7, 11) is 4.03. The van der Waals surface area contributed by atoms with E-state index in [9.17, 15) is 0 Å². The quantitative estimate of drug-likeness (QED) is 0.750. The summed E-state index contributed by atoms with van der Waals surface area (Å²) in [6.45, 7) is 5.77. The number of rotatable bonds is 8. The van der Waals surface area contributed by atoms with Gasteiger partial charge in [-0.05, 0) is 26.1 Å². The van der Waals surface area contributed by atoms with Crippen molar-refractivity contribution in [3.05, 3.63) is 41.6 Å². The van der Waals surface area contributed by atoms with Crippen molar-refractivity contribution >= 4 is 0 Å². The predicted molar refractivity (Wildman–Crippen MR) is 79.1 cm³/mol. The third kappa shape index (κ3) is 4.21. The molecule has 2 aromatic rings. The number of furan rings is 1. The zero-order chi connectivity index (χ0) is 14.4. The molecule has 0 aliphatic heterocycles. The van der Waals surface area contributed by atoms with Crippen LogP contribution in [0.4, 0.5) is 0 Å². The number of hydrogen-bond acceptors (Lipinski definition) is 4. The number of nitrogens with one attached hydrogen (secondary N) is 1. The van der Waals surface area contributed by atoms with Crippen LogP contribution in [0.3, 0.4) is 0 Å². The molecule has 0 amide bonds. The van der Waals surface area contributed by atoms with Crippen molar-refractivity contribution in [2.75, 3.05) is 13.6 Å². The van der Waals surface area contributed by atoms with E-state index in [1.807, 2.05) is 24.1 Å². The Kier molecular flexibility index (Phi) is 5.38. The fourth-order valence-corrected chi connectivity index (χ4v) is 2.23. The van der Waals surface area contributed by atoms with Crippen LogP contribution in [0, 0.1) is 0 Å². The summed E-state index contributed by atoms with van der Waals surface area (Å²) >= 11 is 0. The van der Waals surface area contributed by atoms with Crippen molar-refractivity contribution in [3.8, 4) is 0 Å². The van der Waals surface area contributed by atoms with E-state index in [2.05, 4.69) is 35.4 Å². The molecule has 0 fully saturated rings. The Balaban J connectivity index is 1.87. The van der Waals surface area contributed by atoms with Gasteiger partial charge in [0.15, 0.2) is 0 Å². The van der Waals surface area contributed by atoms with Crippen molar-refractivity contribution in [1.29, 1.82) is 0 Å². The molecule has 0 bridgehead atoms. The predicted octanol–water partition coefficient (Wildman–Crippen LogP) is 2.14. The van der Waals surface area contributed by atoms with E-state index in [0.717, 1.165) is 38.4 Å². The molecule has 0 radical (unpaired) electrons. The van der Waals surface area contributed by atoms with Crippen molar-refractivity contribution in [2.24, 2.45) is 7.05 Å². The number of nitrogens with zero attached hydrogens (tertiary/aromatic N) is 3. The molecular weight excluding hydrogens is 252 g/mol. The van der Waals surface area contributed by atoms with Gasteiger partial charge in [-0.2, -0.15) is 5.10 Å². The lowest BCUT2D eigenvalue weighted by atomic mass is 10.2. The standard InChI is InChI=1S/C15H24N4O/c1-4-6-16-9-14-5-7-20-15(14)12-18(2)10-13-8-17-19(3)11-13/h5,7-8,11,16H,4,6,9-10,12H2,1-3H3. The molecule has 0 aliphatic carbocycles. The summed E-state index contributed by atoms with van der Waals surface area (Å²) in [6, 6.07) is 2.05. The van der Waals surface area contributed by atoms with E-state index in [-0.39, 0.29) is 0 Å². The number of aromatic nitrogens is 2. The van der Waals surface area contributed by atoms with Gasteiger partial charge in [-0.25, -0.2) is 0 Å². The van der Waals surface area contributed by atoms with Gasteiger partial charge in [-0.1, -0.05) is 6.92 Å². The highest BCUT2D eigenvalue weighted by Gasteiger charge is 2.10. The van der Waals surface area contributed by atoms with Crippen LogP contribution in [0.2, 0.25) is 0 Å². The minimum absolute atomic E-state index is 0.811. The first-order valence-electron chi connectivity index (χ1n) is 7.11. The van der Waals surface area contributed by atoms with E-state index >= 15 is 0 Å². The van der Waals surface area contributed by atoms with Crippen LogP contribution < -0.4 is 5.32 Å². The minimum atomic E-state index is 0.811. The third-order valence-corrected chi connectivity index (χ3v) is 3.20. The highest BCUT2D eigenvalue weighted by molar-refractivity contribution is 5.17. The van der Waals surface area contributed by atoms with Crippen LogP contribution in [0.5, 0.6) is 0 Å². The molecule has 5 heteroatoms. The Hall–Kier alpha value is -1.59. The highest BCUT2D eigenvalue weighted by atomic mass is 16.3. The monoisotopic (exact) mass is 276 g/mol. The van der Waals surface area contributed by atoms with Crippen molar-refractivity contribution in [2.45, 2.75) is 33.0 Å². The number of aryl methyl sites for hydroxylation is 1. The number of hydrogen-bond donors (Lipinski definition) is 1. The van der Waals surface area contributed by atoms with E-state index in [1.165, 1.54) is 11.1 Å². The SMILES string of the molecule is CCCNCc1ccoc1CN(C)Cc1cnn(C)c1. The highest BCUT2D eigenvalue weighted by Crippen LogP contribution is 2.14. The lowest BCUT2D eigenvalue weighted by Gasteiger charge is -2.15. The zero-order valence-electron chi connectivity index (χ0n) is 12.6. The van der Waals surface area contributed by atoms with Gasteiger partial charge in [0.05, 0.1) is 19.0 Å². The van der Waals surface area contributed by atoms with Crippen LogP contribution in [0.25, 0.3) is 0 Å². The fraction of sp³-hybridized carbons (Fsp3) is 0.533. The first-order valence-corrected chi connectivity index (χ1v) is 7.11. The van der Waals surface area contributed by atoms with E-state index in [0.29, 0.717) is 0 Å². The van der Waals surface area contributed by atoms with Gasteiger partial charge in [0.25, 0.3) is 0 Å². The summed E-state index contributed by atoms with van der Waals surface area (Å²) in [6.07, 6.45) is 6.87. The molecule has 0 atom stereocenters. The molecule has 2 aromatic heterocycles. The molecule has 0 aromatic carbocycles. The second-order valence-corrected chi connectivity index (χ2v) is 5.24. The molecule has 110 valence electrons. The summed E-state index contributed by atoms with van der Waals surface area (Å²) in [5, 5.41) is 7.60. The van der Waals surface area contributed by atoms with Crippen LogP contribution in [-0.2, 0) is 26.7 Å². The molecule has 0 saturated carbocycles. The maximum atomic E-state index is 5.61. The van der Waals surface area contributed by atoms with Gasteiger partial charge < -0.3 is 9.73 Å². The molecular formula is C15H24N4O. The molecule has 2 rings (SSSR count). The second-order valence-electron chi connectivity index (χ2n) is 5.24. The van der Waals surface area contributed by atoms with Gasteiger partial charge in [0.2, 0.25) is 0 Å². The Morgan fingerprint density at radius 3 is 2.95 bits per heavy atom. The van der Waals surface area contributed by atoms with Crippen LogP contribution >= 0.6 is 0 Å². The maximum absolute atomic E-state index is 5.61. The van der Waals surface area contributed by atoms with E-state index < -0.39 is 0 Å². The topological polar surface area (TPSA) is 46.2 Å². The van der Waals surface area contributed by atoms with Gasteiger partial charge in [-0.15, -0.1) is 0 Å². The van der Waals surface area contributed by atoms with Crippen LogP contribution in [0.15, 0.2) is 29.1 Å². The minimum Gasteiger partial charge on any atom is -0.468 e. The Morgan fingerprint density at radius 2 is 2.25 bits per heavy atom. The third-order valence-electron chi connectivity index (χ3n) is 3.20. The average molecular weight is 276 g/mol. The molecule has 2 heterocycles. The molecule has 0 spiro atoms. The van der Waals surface area contributed by atoms with Crippen LogP contribution in [0.1, 0.15) is 30.2 Å². The first kappa shape index (κ1) is 14.8. The summed E-state index contributed by atoms with van der Waals surface area (Å²) < 4.78 is 7.44. The molecule has 20 heavy (non-hydrogen) atoms. The Bertz CT molecular complexity index is 517. The smallest absolute Gasteiger partial charge is 0.122 e. The molecule has 0 aliphatic rings. The zero-order valence-corrected chi connectivity index (χ0v) is 12.6. The van der Waals surface area contributed by atoms with Crippen LogP contribution in [-0.4, -0.2) is 28.3 Å². The lowest BCUT2D eigenvalue weighted by molar-refractivity contribution is 0.285. The molecule has 0 unspecified atom stereocenters. The summed E-state index contributed by atoms with van der Waals surface area (Å²) in [4.78, 5) is 2.24. The van der Waals surface area contributed by atoms with Gasteiger partial charge in [0, 0.05) is 37.5 Å². The van der Waals surface area contributed by atoms with Crippen molar-refractivity contribution < 1.29 is 4.42 Å². The molecule has 5 nitrogen and oxygen atoms in total. The largest absolute Gasteiger partial charge is 0.468 e. The van der Waals surface area contributed by atoms with Crippen molar-refractivity contribution in [3.63, 3.8) is 0 Å². The maximum Gasteiger partial charge on any atom is 0.122 e.